The van der Waals surface area contributed by atoms with Crippen molar-refractivity contribution < 1.29 is 17.9 Å². The van der Waals surface area contributed by atoms with Gasteiger partial charge in [0.15, 0.2) is 21.3 Å². The van der Waals surface area contributed by atoms with E-state index in [1.54, 1.807) is 40.3 Å². The molecule has 0 spiro atoms. The summed E-state index contributed by atoms with van der Waals surface area (Å²) in [5, 5.41) is 2.48. The van der Waals surface area contributed by atoms with E-state index in [-0.39, 0.29) is 6.04 Å². The van der Waals surface area contributed by atoms with Gasteiger partial charge in [0.05, 0.1) is 19.5 Å². The topological polar surface area (TPSA) is 64.6 Å². The monoisotopic (exact) mass is 365 g/mol. The summed E-state index contributed by atoms with van der Waals surface area (Å²) < 4.78 is 34.8. The van der Waals surface area contributed by atoms with Gasteiger partial charge in [-0.3, -0.25) is 0 Å². The van der Waals surface area contributed by atoms with Crippen molar-refractivity contribution in [2.24, 2.45) is 0 Å². The predicted molar refractivity (Wildman–Crippen MR) is 83.4 cm³/mol. The largest absolute Gasteiger partial charge is 0.493 e. The van der Waals surface area contributed by atoms with Crippen LogP contribution in [-0.4, -0.2) is 41.2 Å². The zero-order chi connectivity index (χ0) is 15.5. The minimum atomic E-state index is -3.17. The fourth-order valence-electron chi connectivity index (χ4n) is 2.00. The van der Waals surface area contributed by atoms with Crippen LogP contribution in [0.1, 0.15) is 18.5 Å². The summed E-state index contributed by atoms with van der Waals surface area (Å²) in [4.78, 5) is 0. The summed E-state index contributed by atoms with van der Waals surface area (Å²) in [6, 6.07) is 3.21. The molecule has 0 radical (unpaired) electrons. The molecule has 0 bridgehead atoms. The van der Waals surface area contributed by atoms with Crippen LogP contribution in [0, 0.1) is 0 Å². The second-order valence-electron chi connectivity index (χ2n) is 4.53. The smallest absolute Gasteiger partial charge is 0.161 e. The third-order valence-electron chi connectivity index (χ3n) is 3.29. The second kappa shape index (κ2) is 6.78. The maximum Gasteiger partial charge on any atom is 0.161 e. The average molecular weight is 366 g/mol. The Labute approximate surface area is 128 Å². The number of hydrogen-bond donors (Lipinski definition) is 1. The van der Waals surface area contributed by atoms with Crippen molar-refractivity contribution in [2.75, 3.05) is 27.5 Å². The molecule has 0 aliphatic carbocycles. The maximum atomic E-state index is 11.8. The van der Waals surface area contributed by atoms with E-state index in [4.69, 9.17) is 9.47 Å². The summed E-state index contributed by atoms with van der Waals surface area (Å²) in [6.07, 6.45) is 1.23. The normalized spacial score (nSPS) is 14.7. The molecular weight excluding hydrogens is 346 g/mol. The van der Waals surface area contributed by atoms with Gasteiger partial charge in [-0.1, -0.05) is 15.9 Å². The van der Waals surface area contributed by atoms with E-state index in [1.165, 1.54) is 6.26 Å². The van der Waals surface area contributed by atoms with E-state index in [0.717, 1.165) is 10.0 Å². The number of rotatable bonds is 6. The molecule has 20 heavy (non-hydrogen) atoms. The van der Waals surface area contributed by atoms with E-state index in [2.05, 4.69) is 21.2 Å². The third-order valence-corrected chi connectivity index (χ3v) is 5.60. The van der Waals surface area contributed by atoms with Crippen molar-refractivity contribution in [2.45, 2.75) is 18.2 Å². The van der Waals surface area contributed by atoms with Gasteiger partial charge in [-0.2, -0.15) is 0 Å². The first kappa shape index (κ1) is 17.3. The van der Waals surface area contributed by atoms with Gasteiger partial charge >= 0.3 is 0 Å². The van der Waals surface area contributed by atoms with E-state index in [0.29, 0.717) is 11.5 Å². The average Bonchev–Trinajstić information content (AvgIpc) is 2.39. The third kappa shape index (κ3) is 3.65. The molecule has 0 aliphatic heterocycles. The highest BCUT2D eigenvalue weighted by molar-refractivity contribution is 9.10. The highest BCUT2D eigenvalue weighted by atomic mass is 79.9. The number of sulfone groups is 1. The SMILES string of the molecule is CNC(c1cc(OC)c(OC)cc1Br)C(C)S(C)(=O)=O. The molecule has 5 nitrogen and oxygen atoms in total. The van der Waals surface area contributed by atoms with Crippen LogP contribution >= 0.6 is 15.9 Å². The lowest BCUT2D eigenvalue weighted by Crippen LogP contribution is -2.33. The van der Waals surface area contributed by atoms with Gasteiger partial charge in [-0.15, -0.1) is 0 Å². The second-order valence-corrected chi connectivity index (χ2v) is 7.79. The lowest BCUT2D eigenvalue weighted by Gasteiger charge is -2.24. The van der Waals surface area contributed by atoms with Crippen LogP contribution in [0.25, 0.3) is 0 Å². The van der Waals surface area contributed by atoms with Crippen molar-refractivity contribution >= 4 is 25.8 Å². The molecule has 0 fully saturated rings. The summed E-state index contributed by atoms with van der Waals surface area (Å²) in [6.45, 7) is 1.68. The van der Waals surface area contributed by atoms with E-state index in [9.17, 15) is 8.42 Å². The van der Waals surface area contributed by atoms with Crippen molar-refractivity contribution in [3.8, 4) is 11.5 Å². The molecular formula is C13H20BrNO4S. The molecule has 0 saturated carbocycles. The van der Waals surface area contributed by atoms with Crippen LogP contribution in [-0.2, 0) is 9.84 Å². The van der Waals surface area contributed by atoms with Gasteiger partial charge in [0, 0.05) is 16.8 Å². The molecule has 0 aliphatic rings. The van der Waals surface area contributed by atoms with Gasteiger partial charge in [-0.05, 0) is 31.7 Å². The first-order valence-corrected chi connectivity index (χ1v) is 8.78. The van der Waals surface area contributed by atoms with Gasteiger partial charge in [0.1, 0.15) is 0 Å². The Balaban J connectivity index is 3.36. The van der Waals surface area contributed by atoms with Crippen LogP contribution < -0.4 is 14.8 Å². The van der Waals surface area contributed by atoms with Crippen molar-refractivity contribution in [3.63, 3.8) is 0 Å². The zero-order valence-corrected chi connectivity index (χ0v) is 14.6. The molecule has 1 aromatic rings. The molecule has 7 heteroatoms. The van der Waals surface area contributed by atoms with Gasteiger partial charge in [-0.25, -0.2) is 8.42 Å². The van der Waals surface area contributed by atoms with E-state index >= 15 is 0 Å². The quantitative estimate of drug-likeness (QED) is 0.836. The molecule has 2 atom stereocenters. The highest BCUT2D eigenvalue weighted by Gasteiger charge is 2.28. The minimum Gasteiger partial charge on any atom is -0.493 e. The van der Waals surface area contributed by atoms with Crippen molar-refractivity contribution in [3.05, 3.63) is 22.2 Å². The first-order chi connectivity index (χ1) is 9.26. The summed E-state index contributed by atoms with van der Waals surface area (Å²) in [5.74, 6) is 1.15. The van der Waals surface area contributed by atoms with Crippen LogP contribution in [0.15, 0.2) is 16.6 Å². The molecule has 0 heterocycles. The van der Waals surface area contributed by atoms with Gasteiger partial charge < -0.3 is 14.8 Å². The van der Waals surface area contributed by atoms with Gasteiger partial charge in [0.2, 0.25) is 0 Å². The standard InChI is InChI=1S/C13H20BrNO4S/c1-8(20(5,16)17)13(15-2)9-6-11(18-3)12(19-4)7-10(9)14/h6-8,13,15H,1-5H3. The summed E-state index contributed by atoms with van der Waals surface area (Å²) in [7, 11) is 1.66. The molecule has 1 N–H and O–H groups in total. The van der Waals surface area contributed by atoms with Crippen LogP contribution in [0.4, 0.5) is 0 Å². The number of benzene rings is 1. The number of halogens is 1. The van der Waals surface area contributed by atoms with Crippen LogP contribution in [0.5, 0.6) is 11.5 Å². The first-order valence-electron chi connectivity index (χ1n) is 6.03. The molecule has 2 unspecified atom stereocenters. The van der Waals surface area contributed by atoms with E-state index < -0.39 is 15.1 Å². The molecule has 0 amide bonds. The Morgan fingerprint density at radius 3 is 2.10 bits per heavy atom. The summed E-state index contributed by atoms with van der Waals surface area (Å²) in [5.41, 5.74) is 0.808. The Hall–Kier alpha value is -0.790. The minimum absolute atomic E-state index is 0.348. The number of ether oxygens (including phenoxy) is 2. The molecule has 1 rings (SSSR count). The Morgan fingerprint density at radius 1 is 1.20 bits per heavy atom. The van der Waals surface area contributed by atoms with E-state index in [1.807, 2.05) is 0 Å². The number of hydrogen-bond acceptors (Lipinski definition) is 5. The fraction of sp³-hybridized carbons (Fsp3) is 0.538. The Bertz CT molecular complexity index is 574. The lowest BCUT2D eigenvalue weighted by atomic mass is 10.0. The Morgan fingerprint density at radius 2 is 1.70 bits per heavy atom. The zero-order valence-electron chi connectivity index (χ0n) is 12.2. The summed E-state index contributed by atoms with van der Waals surface area (Å²) >= 11 is 3.46. The molecule has 114 valence electrons. The lowest BCUT2D eigenvalue weighted by molar-refractivity contribution is 0.353. The van der Waals surface area contributed by atoms with Crippen LogP contribution in [0.2, 0.25) is 0 Å². The van der Waals surface area contributed by atoms with Gasteiger partial charge in [0.25, 0.3) is 0 Å². The van der Waals surface area contributed by atoms with Crippen LogP contribution in [0.3, 0.4) is 0 Å². The Kier molecular flexibility index (Phi) is 5.85. The van der Waals surface area contributed by atoms with Crippen molar-refractivity contribution in [1.29, 1.82) is 0 Å². The maximum absolute atomic E-state index is 11.8. The molecule has 1 aromatic carbocycles. The predicted octanol–water partition coefficient (Wildman–Crippen LogP) is 2.16. The molecule has 0 saturated heterocycles. The highest BCUT2D eigenvalue weighted by Crippen LogP contribution is 2.37. The number of nitrogens with one attached hydrogen (secondary N) is 1. The fourth-order valence-corrected chi connectivity index (χ4v) is 3.34. The van der Waals surface area contributed by atoms with Crippen molar-refractivity contribution in [1.82, 2.24) is 5.32 Å². The number of methoxy groups -OCH3 is 2. The molecule has 0 aromatic heterocycles.